The van der Waals surface area contributed by atoms with Crippen LogP contribution >= 0.6 is 0 Å². The minimum atomic E-state index is -4.59. The largest absolute Gasteiger partial charge is 0.493 e. The van der Waals surface area contributed by atoms with Crippen molar-refractivity contribution in [2.24, 2.45) is 0 Å². The van der Waals surface area contributed by atoms with Crippen molar-refractivity contribution in [3.63, 3.8) is 0 Å². The first kappa shape index (κ1) is 30.5. The van der Waals surface area contributed by atoms with Gasteiger partial charge in [-0.1, -0.05) is 24.3 Å². The quantitative estimate of drug-likeness (QED) is 0.266. The third kappa shape index (κ3) is 6.23. The van der Waals surface area contributed by atoms with Crippen LogP contribution in [0, 0.1) is 24.2 Å². The first-order valence-electron chi connectivity index (χ1n) is 12.9. The zero-order chi connectivity index (χ0) is 30.6. The average molecular weight is 593 g/mol. The van der Waals surface area contributed by atoms with E-state index in [0.717, 1.165) is 0 Å². The van der Waals surface area contributed by atoms with Crippen molar-refractivity contribution >= 4 is 9.84 Å². The fourth-order valence-corrected chi connectivity index (χ4v) is 5.86. The zero-order valence-electron chi connectivity index (χ0n) is 23.4. The van der Waals surface area contributed by atoms with Crippen molar-refractivity contribution in [1.82, 2.24) is 14.5 Å². The molecule has 10 nitrogen and oxygen atoms in total. The predicted molar refractivity (Wildman–Crippen MR) is 151 cm³/mol. The van der Waals surface area contributed by atoms with Crippen LogP contribution in [0.5, 0.6) is 5.88 Å². The number of sulfone groups is 1. The first-order valence-corrected chi connectivity index (χ1v) is 14.4. The number of aromatic nitrogens is 3. The number of pyridine rings is 1. The van der Waals surface area contributed by atoms with E-state index in [4.69, 9.17) is 9.47 Å². The van der Waals surface area contributed by atoms with Crippen LogP contribution in [0.4, 0.5) is 4.39 Å². The van der Waals surface area contributed by atoms with Crippen molar-refractivity contribution in [2.45, 2.75) is 49.3 Å². The Labute approximate surface area is 242 Å². The summed E-state index contributed by atoms with van der Waals surface area (Å²) in [5.74, 6) is -1.50. The van der Waals surface area contributed by atoms with Gasteiger partial charge in [0.05, 0.1) is 35.3 Å². The maximum Gasteiger partial charge on any atom is 0.296 e. The maximum absolute atomic E-state index is 13.8. The fraction of sp³-hybridized carbons (Fsp3) is 0.267. The minimum absolute atomic E-state index is 0.0239. The summed E-state index contributed by atoms with van der Waals surface area (Å²) < 4.78 is 53.3. The number of methoxy groups -OCH3 is 1. The molecule has 0 aliphatic rings. The lowest BCUT2D eigenvalue weighted by atomic mass is 10.0. The highest BCUT2D eigenvalue weighted by molar-refractivity contribution is 7.91. The van der Waals surface area contributed by atoms with Crippen molar-refractivity contribution < 1.29 is 27.4 Å². The van der Waals surface area contributed by atoms with Crippen LogP contribution in [0.2, 0.25) is 0 Å². The van der Waals surface area contributed by atoms with Gasteiger partial charge in [-0.05, 0) is 68.3 Å². The second kappa shape index (κ2) is 12.6. The van der Waals surface area contributed by atoms with Gasteiger partial charge in [0.2, 0.25) is 21.7 Å². The lowest BCUT2D eigenvalue weighted by molar-refractivity contribution is 0.0554. The number of hydrogen-bond acceptors (Lipinski definition) is 9. The molecule has 4 aromatic rings. The Morgan fingerprint density at radius 1 is 1.10 bits per heavy atom. The lowest BCUT2D eigenvalue weighted by Crippen LogP contribution is -2.29. The number of ether oxygens (including phenoxy) is 2. The third-order valence-electron chi connectivity index (χ3n) is 6.51. The molecule has 0 saturated carbocycles. The van der Waals surface area contributed by atoms with Crippen LogP contribution in [0.15, 0.2) is 75.2 Å². The third-order valence-corrected chi connectivity index (χ3v) is 8.30. The summed E-state index contributed by atoms with van der Waals surface area (Å²) in [6.45, 7) is 4.91. The molecule has 0 aliphatic carbocycles. The van der Waals surface area contributed by atoms with E-state index in [1.807, 2.05) is 0 Å². The number of benzene rings is 2. The molecule has 2 aromatic heterocycles. The van der Waals surface area contributed by atoms with E-state index in [1.165, 1.54) is 48.1 Å². The van der Waals surface area contributed by atoms with Crippen LogP contribution in [-0.2, 0) is 25.9 Å². The molecule has 4 rings (SSSR count). The highest BCUT2D eigenvalue weighted by Crippen LogP contribution is 2.33. The van der Waals surface area contributed by atoms with E-state index in [2.05, 4.69) is 16.0 Å². The van der Waals surface area contributed by atoms with Crippen LogP contribution in [0.3, 0.4) is 0 Å². The Balaban J connectivity index is 1.89. The van der Waals surface area contributed by atoms with Gasteiger partial charge in [0.15, 0.2) is 4.90 Å². The Bertz CT molecular complexity index is 1820. The molecule has 12 heteroatoms. The highest BCUT2D eigenvalue weighted by Gasteiger charge is 2.32. The fourth-order valence-electron chi connectivity index (χ4n) is 4.51. The van der Waals surface area contributed by atoms with Crippen LogP contribution in [0.25, 0.3) is 11.1 Å². The molecule has 0 bridgehead atoms. The topological polar surface area (TPSA) is 144 Å². The number of aryl methyl sites for hydroxylation is 1. The molecule has 1 N–H and O–H groups in total. The molecule has 2 aromatic carbocycles. The molecule has 0 amide bonds. The van der Waals surface area contributed by atoms with Crippen LogP contribution < -0.4 is 5.56 Å². The predicted octanol–water partition coefficient (Wildman–Crippen LogP) is 4.32. The number of nitrogens with zero attached hydrogens (tertiary/aromatic N) is 4. The number of nitriles is 1. The Morgan fingerprint density at radius 2 is 1.81 bits per heavy atom. The van der Waals surface area contributed by atoms with Gasteiger partial charge in [0.25, 0.3) is 5.56 Å². The Hall–Kier alpha value is -4.44. The summed E-state index contributed by atoms with van der Waals surface area (Å²) in [4.78, 5) is 19.9. The molecule has 0 fully saturated rings. The number of aromatic hydroxyl groups is 1. The molecule has 0 unspecified atom stereocenters. The minimum Gasteiger partial charge on any atom is -0.493 e. The zero-order valence-corrected chi connectivity index (χ0v) is 24.2. The molecule has 0 aliphatic heterocycles. The Morgan fingerprint density at radius 3 is 2.43 bits per heavy atom. The second-order valence-corrected chi connectivity index (χ2v) is 11.6. The highest BCUT2D eigenvalue weighted by atomic mass is 32.2. The van der Waals surface area contributed by atoms with Gasteiger partial charge in [-0.2, -0.15) is 14.6 Å². The standard InChI is InChI=1S/C30H29FN4O6S/c1-18(2)41-17-27-34-29(36)28(30(37)35(27)25(16-40-4)22-7-5-6-20(14-22)15-32)42(38,39)23-10-8-21(9-11-23)24-12-13-26(31)33-19(24)3/h5-14,18,25,37H,16-17H2,1-4H3/t25-/m0/s1. The van der Waals surface area contributed by atoms with Crippen molar-refractivity contribution in [2.75, 3.05) is 13.7 Å². The summed E-state index contributed by atoms with van der Waals surface area (Å²) in [5, 5.41) is 20.9. The smallest absolute Gasteiger partial charge is 0.296 e. The Kier molecular flexibility index (Phi) is 9.16. The SMILES string of the molecule is COC[C@@H](c1cccc(C#N)c1)n1c(COC(C)C)nc(=O)c(S(=O)(=O)c2ccc(-c3ccc(F)nc3C)cc2)c1O. The molecule has 218 valence electrons. The average Bonchev–Trinajstić information content (AvgIpc) is 2.95. The summed E-state index contributed by atoms with van der Waals surface area (Å²) in [6, 6.07) is 16.0. The number of halogens is 1. The molecule has 2 heterocycles. The molecule has 0 spiro atoms. The monoisotopic (exact) mass is 592 g/mol. The van der Waals surface area contributed by atoms with E-state index in [1.54, 1.807) is 45.0 Å². The summed E-state index contributed by atoms with van der Waals surface area (Å²) in [5.41, 5.74) is 1.29. The number of rotatable bonds is 10. The van der Waals surface area contributed by atoms with E-state index in [-0.39, 0.29) is 30.0 Å². The van der Waals surface area contributed by atoms with Gasteiger partial charge >= 0.3 is 0 Å². The molecule has 0 saturated heterocycles. The van der Waals surface area contributed by atoms with Crippen molar-refractivity contribution in [1.29, 1.82) is 5.26 Å². The van der Waals surface area contributed by atoms with Crippen molar-refractivity contribution in [3.8, 4) is 23.1 Å². The molecule has 0 radical (unpaired) electrons. The lowest BCUT2D eigenvalue weighted by Gasteiger charge is -2.26. The summed E-state index contributed by atoms with van der Waals surface area (Å²) >= 11 is 0. The normalized spacial score (nSPS) is 12.3. The van der Waals surface area contributed by atoms with Gasteiger partial charge in [-0.15, -0.1) is 0 Å². The molecule has 42 heavy (non-hydrogen) atoms. The van der Waals surface area contributed by atoms with Gasteiger partial charge in [-0.3, -0.25) is 9.36 Å². The van der Waals surface area contributed by atoms with Crippen LogP contribution in [0.1, 0.15) is 42.5 Å². The van der Waals surface area contributed by atoms with E-state index in [0.29, 0.717) is 27.9 Å². The van der Waals surface area contributed by atoms with Gasteiger partial charge in [0, 0.05) is 18.4 Å². The van der Waals surface area contributed by atoms with Gasteiger partial charge in [-0.25, -0.2) is 13.4 Å². The second-order valence-electron chi connectivity index (χ2n) is 9.72. The van der Waals surface area contributed by atoms with E-state index >= 15 is 0 Å². The molecular formula is C30H29FN4O6S. The first-order chi connectivity index (χ1) is 20.0. The van der Waals surface area contributed by atoms with E-state index in [9.17, 15) is 28.0 Å². The summed E-state index contributed by atoms with van der Waals surface area (Å²) in [6.07, 6.45) is -0.262. The van der Waals surface area contributed by atoms with Gasteiger partial charge < -0.3 is 14.6 Å². The van der Waals surface area contributed by atoms with Crippen molar-refractivity contribution in [3.05, 3.63) is 99.6 Å². The summed E-state index contributed by atoms with van der Waals surface area (Å²) in [7, 11) is -3.16. The van der Waals surface area contributed by atoms with Crippen LogP contribution in [-0.4, -0.2) is 47.9 Å². The molecule has 1 atom stereocenters. The number of hydrogen-bond donors (Lipinski definition) is 1. The molecular weight excluding hydrogens is 563 g/mol. The van der Waals surface area contributed by atoms with Gasteiger partial charge in [0.1, 0.15) is 12.4 Å². The van der Waals surface area contributed by atoms with E-state index < -0.39 is 38.2 Å². The maximum atomic E-state index is 13.8.